The zero-order valence-electron chi connectivity index (χ0n) is 7.10. The number of primary sulfonamides is 1. The standard InChI is InChI=1S/C7H11NO3S2/c1-2-6(9)5-3-7(12-4-5)13(8,10)11/h3-4,6,9H,2H2,1H3,(H2,8,10,11). The second kappa shape index (κ2) is 3.75. The highest BCUT2D eigenvalue weighted by molar-refractivity contribution is 7.91. The third-order valence-electron chi connectivity index (χ3n) is 1.65. The number of aliphatic hydroxyl groups excluding tert-OH is 1. The summed E-state index contributed by atoms with van der Waals surface area (Å²) in [5.74, 6) is 0. The molecule has 13 heavy (non-hydrogen) atoms. The van der Waals surface area contributed by atoms with Crippen molar-refractivity contribution in [1.82, 2.24) is 0 Å². The summed E-state index contributed by atoms with van der Waals surface area (Å²) in [6, 6.07) is 1.41. The van der Waals surface area contributed by atoms with Gasteiger partial charge in [0.2, 0.25) is 10.0 Å². The molecule has 1 atom stereocenters. The van der Waals surface area contributed by atoms with Crippen molar-refractivity contribution in [2.75, 3.05) is 0 Å². The first-order valence-corrected chi connectivity index (χ1v) is 6.17. The van der Waals surface area contributed by atoms with Crippen molar-refractivity contribution in [3.63, 3.8) is 0 Å². The van der Waals surface area contributed by atoms with Crippen LogP contribution in [0.1, 0.15) is 25.0 Å². The van der Waals surface area contributed by atoms with Gasteiger partial charge in [-0.05, 0) is 23.4 Å². The Balaban J connectivity index is 3.00. The fraction of sp³-hybridized carbons (Fsp3) is 0.429. The zero-order valence-corrected chi connectivity index (χ0v) is 8.73. The van der Waals surface area contributed by atoms with Gasteiger partial charge in [0.15, 0.2) is 0 Å². The minimum Gasteiger partial charge on any atom is -0.388 e. The van der Waals surface area contributed by atoms with Crippen LogP contribution in [0.4, 0.5) is 0 Å². The Labute approximate surface area is 81.1 Å². The normalized spacial score (nSPS) is 14.4. The molecule has 0 fully saturated rings. The summed E-state index contributed by atoms with van der Waals surface area (Å²) in [6.45, 7) is 1.82. The highest BCUT2D eigenvalue weighted by Crippen LogP contribution is 2.25. The summed E-state index contributed by atoms with van der Waals surface area (Å²) in [7, 11) is -3.62. The lowest BCUT2D eigenvalue weighted by Gasteiger charge is -2.02. The molecule has 0 aromatic carbocycles. The van der Waals surface area contributed by atoms with Crippen molar-refractivity contribution in [2.24, 2.45) is 5.14 Å². The third-order valence-corrected chi connectivity index (χ3v) is 4.05. The van der Waals surface area contributed by atoms with Crippen LogP contribution < -0.4 is 5.14 Å². The molecule has 1 aromatic heterocycles. The Hall–Kier alpha value is -0.430. The average Bonchev–Trinajstić information content (AvgIpc) is 2.50. The van der Waals surface area contributed by atoms with Gasteiger partial charge >= 0.3 is 0 Å². The molecule has 1 unspecified atom stereocenters. The molecule has 0 bridgehead atoms. The van der Waals surface area contributed by atoms with Crippen LogP contribution in [0, 0.1) is 0 Å². The topological polar surface area (TPSA) is 80.4 Å². The molecule has 0 aliphatic heterocycles. The highest BCUT2D eigenvalue weighted by atomic mass is 32.2. The minimum absolute atomic E-state index is 0.0926. The molecule has 4 nitrogen and oxygen atoms in total. The van der Waals surface area contributed by atoms with Gasteiger partial charge in [0, 0.05) is 0 Å². The fourth-order valence-corrected chi connectivity index (χ4v) is 2.55. The molecule has 0 aliphatic rings. The van der Waals surface area contributed by atoms with Crippen LogP contribution in [-0.4, -0.2) is 13.5 Å². The molecule has 0 radical (unpaired) electrons. The van der Waals surface area contributed by atoms with Crippen molar-refractivity contribution < 1.29 is 13.5 Å². The number of nitrogens with two attached hydrogens (primary N) is 1. The van der Waals surface area contributed by atoms with Crippen LogP contribution in [0.3, 0.4) is 0 Å². The highest BCUT2D eigenvalue weighted by Gasteiger charge is 2.14. The smallest absolute Gasteiger partial charge is 0.247 e. The van der Waals surface area contributed by atoms with Gasteiger partial charge in [0.05, 0.1) is 6.10 Å². The first kappa shape index (κ1) is 10.6. The lowest BCUT2D eigenvalue weighted by atomic mass is 10.1. The molecular formula is C7H11NO3S2. The van der Waals surface area contributed by atoms with Crippen molar-refractivity contribution >= 4 is 21.4 Å². The van der Waals surface area contributed by atoms with E-state index in [2.05, 4.69) is 0 Å². The van der Waals surface area contributed by atoms with E-state index in [0.717, 1.165) is 11.3 Å². The van der Waals surface area contributed by atoms with Gasteiger partial charge in [-0.1, -0.05) is 6.92 Å². The van der Waals surface area contributed by atoms with Crippen LogP contribution in [0.25, 0.3) is 0 Å². The average molecular weight is 221 g/mol. The van der Waals surface area contributed by atoms with Crippen LogP contribution in [0.5, 0.6) is 0 Å². The molecule has 0 spiro atoms. The maximum Gasteiger partial charge on any atom is 0.247 e. The van der Waals surface area contributed by atoms with E-state index in [9.17, 15) is 13.5 Å². The summed E-state index contributed by atoms with van der Waals surface area (Å²) < 4.78 is 21.8. The maximum absolute atomic E-state index is 10.9. The first-order chi connectivity index (χ1) is 5.95. The second-order valence-electron chi connectivity index (χ2n) is 2.67. The van der Waals surface area contributed by atoms with Gasteiger partial charge in [0.1, 0.15) is 4.21 Å². The third kappa shape index (κ3) is 2.50. The molecule has 74 valence electrons. The number of aliphatic hydroxyl groups is 1. The SMILES string of the molecule is CCC(O)c1csc(S(N)(=O)=O)c1. The molecule has 0 saturated heterocycles. The van der Waals surface area contributed by atoms with Crippen molar-refractivity contribution in [3.05, 3.63) is 17.0 Å². The van der Waals surface area contributed by atoms with E-state index in [-0.39, 0.29) is 4.21 Å². The Kier molecular flexibility index (Phi) is 3.07. The lowest BCUT2D eigenvalue weighted by molar-refractivity contribution is 0.174. The van der Waals surface area contributed by atoms with E-state index in [0.29, 0.717) is 12.0 Å². The second-order valence-corrected chi connectivity index (χ2v) is 5.37. The van der Waals surface area contributed by atoms with E-state index in [1.807, 2.05) is 6.92 Å². The summed E-state index contributed by atoms with van der Waals surface area (Å²) >= 11 is 1.03. The van der Waals surface area contributed by atoms with Gasteiger partial charge in [-0.3, -0.25) is 0 Å². The minimum atomic E-state index is -3.62. The van der Waals surface area contributed by atoms with E-state index in [1.165, 1.54) is 6.07 Å². The van der Waals surface area contributed by atoms with Crippen molar-refractivity contribution in [3.8, 4) is 0 Å². The molecule has 1 rings (SSSR count). The van der Waals surface area contributed by atoms with Crippen LogP contribution >= 0.6 is 11.3 Å². The number of hydrogen-bond donors (Lipinski definition) is 2. The van der Waals surface area contributed by atoms with Gasteiger partial charge in [-0.25, -0.2) is 13.6 Å². The summed E-state index contributed by atoms with van der Waals surface area (Å²) in [4.78, 5) is 0. The van der Waals surface area contributed by atoms with Gasteiger partial charge in [-0.2, -0.15) is 0 Å². The van der Waals surface area contributed by atoms with Gasteiger partial charge < -0.3 is 5.11 Å². The predicted octanol–water partition coefficient (Wildman–Crippen LogP) is 0.839. The quantitative estimate of drug-likeness (QED) is 0.793. The number of thiophene rings is 1. The monoisotopic (exact) mass is 221 g/mol. The molecule has 1 heterocycles. The number of rotatable bonds is 3. The van der Waals surface area contributed by atoms with E-state index >= 15 is 0 Å². The van der Waals surface area contributed by atoms with E-state index in [4.69, 9.17) is 5.14 Å². The first-order valence-electron chi connectivity index (χ1n) is 3.74. The Morgan fingerprint density at radius 1 is 1.69 bits per heavy atom. The predicted molar refractivity (Wildman–Crippen MR) is 50.9 cm³/mol. The zero-order chi connectivity index (χ0) is 10.1. The van der Waals surface area contributed by atoms with Crippen molar-refractivity contribution in [1.29, 1.82) is 0 Å². The van der Waals surface area contributed by atoms with Crippen LogP contribution in [0.15, 0.2) is 15.7 Å². The Morgan fingerprint density at radius 2 is 2.31 bits per heavy atom. The lowest BCUT2D eigenvalue weighted by Crippen LogP contribution is -2.10. The van der Waals surface area contributed by atoms with E-state index in [1.54, 1.807) is 5.38 Å². The molecular weight excluding hydrogens is 210 g/mol. The fourth-order valence-electron chi connectivity index (χ4n) is 0.890. The molecule has 0 saturated carbocycles. The molecule has 0 aliphatic carbocycles. The summed E-state index contributed by atoms with van der Waals surface area (Å²) in [5, 5.41) is 15.9. The number of sulfonamides is 1. The molecule has 0 amide bonds. The van der Waals surface area contributed by atoms with Crippen molar-refractivity contribution in [2.45, 2.75) is 23.7 Å². The largest absolute Gasteiger partial charge is 0.388 e. The molecule has 6 heteroatoms. The summed E-state index contributed by atoms with van der Waals surface area (Å²) in [6.07, 6.45) is -0.0485. The Morgan fingerprint density at radius 3 is 2.69 bits per heavy atom. The summed E-state index contributed by atoms with van der Waals surface area (Å²) in [5.41, 5.74) is 0.608. The Bertz CT molecular complexity index is 382. The van der Waals surface area contributed by atoms with E-state index < -0.39 is 16.1 Å². The van der Waals surface area contributed by atoms with Gasteiger partial charge in [0.25, 0.3) is 0 Å². The molecule has 1 aromatic rings. The van der Waals surface area contributed by atoms with Crippen LogP contribution in [0.2, 0.25) is 0 Å². The van der Waals surface area contributed by atoms with Gasteiger partial charge in [-0.15, -0.1) is 11.3 Å². The maximum atomic E-state index is 10.9. The number of hydrogen-bond acceptors (Lipinski definition) is 4. The molecule has 3 N–H and O–H groups in total. The van der Waals surface area contributed by atoms with Crippen LogP contribution in [-0.2, 0) is 10.0 Å².